The van der Waals surface area contributed by atoms with Crippen molar-refractivity contribution in [2.75, 3.05) is 21.3 Å². The van der Waals surface area contributed by atoms with Gasteiger partial charge in [-0.15, -0.1) is 0 Å². The molecule has 0 radical (unpaired) electrons. The molecule has 1 aromatic heterocycles. The number of aliphatic hydroxyl groups excluding tert-OH is 1. The highest BCUT2D eigenvalue weighted by Crippen LogP contribution is 2.33. The van der Waals surface area contributed by atoms with Crippen LogP contribution < -0.4 is 9.47 Å². The van der Waals surface area contributed by atoms with E-state index < -0.39 is 12.1 Å². The van der Waals surface area contributed by atoms with E-state index in [9.17, 15) is 9.90 Å². The molecule has 94 valence electrons. The summed E-state index contributed by atoms with van der Waals surface area (Å²) in [6, 6.07) is 1.58. The second-order valence-corrected chi connectivity index (χ2v) is 3.23. The average Bonchev–Trinajstić information content (AvgIpc) is 2.37. The maximum absolute atomic E-state index is 11.1. The zero-order chi connectivity index (χ0) is 12.8. The summed E-state index contributed by atoms with van der Waals surface area (Å²) in [5.41, 5.74) is 0.336. The Morgan fingerprint density at radius 1 is 1.41 bits per heavy atom. The predicted octanol–water partition coefficient (Wildman–Crippen LogP) is 0.695. The average molecular weight is 241 g/mol. The number of nitrogens with zero attached hydrogens (tertiary/aromatic N) is 1. The van der Waals surface area contributed by atoms with Crippen LogP contribution in [0.5, 0.6) is 11.6 Å². The fourth-order valence-corrected chi connectivity index (χ4v) is 1.43. The lowest BCUT2D eigenvalue weighted by Gasteiger charge is -2.16. The van der Waals surface area contributed by atoms with Gasteiger partial charge in [-0.25, -0.2) is 4.98 Å². The second kappa shape index (κ2) is 6.05. The molecule has 6 nitrogen and oxygen atoms in total. The van der Waals surface area contributed by atoms with Gasteiger partial charge in [-0.05, 0) is 6.07 Å². The first-order valence-electron chi connectivity index (χ1n) is 4.95. The molecule has 0 amide bonds. The largest absolute Gasteiger partial charge is 0.496 e. The molecule has 0 spiro atoms. The van der Waals surface area contributed by atoms with Crippen LogP contribution in [0.3, 0.4) is 0 Å². The number of methoxy groups -OCH3 is 3. The first-order valence-corrected chi connectivity index (χ1v) is 4.95. The third-order valence-electron chi connectivity index (χ3n) is 2.25. The van der Waals surface area contributed by atoms with E-state index in [4.69, 9.17) is 9.47 Å². The first-order chi connectivity index (χ1) is 8.13. The van der Waals surface area contributed by atoms with E-state index in [2.05, 4.69) is 9.72 Å². The highest BCUT2D eigenvalue weighted by molar-refractivity contribution is 5.70. The van der Waals surface area contributed by atoms with Crippen molar-refractivity contribution >= 4 is 5.97 Å². The van der Waals surface area contributed by atoms with Gasteiger partial charge in [0.05, 0.1) is 39.4 Å². The summed E-state index contributed by atoms with van der Waals surface area (Å²) in [4.78, 5) is 15.1. The van der Waals surface area contributed by atoms with Gasteiger partial charge in [0, 0.05) is 6.20 Å². The van der Waals surface area contributed by atoms with Crippen LogP contribution in [0.25, 0.3) is 0 Å². The number of esters is 1. The van der Waals surface area contributed by atoms with E-state index >= 15 is 0 Å². The minimum absolute atomic E-state index is 0.186. The van der Waals surface area contributed by atoms with Crippen molar-refractivity contribution in [1.82, 2.24) is 4.98 Å². The molecule has 0 aromatic carbocycles. The SMILES string of the molecule is COC(=O)CC(O)c1c(OC)ccnc1OC. The molecule has 0 bridgehead atoms. The third-order valence-corrected chi connectivity index (χ3v) is 2.25. The molecule has 0 aliphatic carbocycles. The van der Waals surface area contributed by atoms with E-state index in [-0.39, 0.29) is 12.3 Å². The summed E-state index contributed by atoms with van der Waals surface area (Å²) < 4.78 is 14.6. The minimum Gasteiger partial charge on any atom is -0.496 e. The summed E-state index contributed by atoms with van der Waals surface area (Å²) in [5.74, 6) is 0.111. The quantitative estimate of drug-likeness (QED) is 0.764. The van der Waals surface area contributed by atoms with Gasteiger partial charge in [0.2, 0.25) is 5.88 Å². The first kappa shape index (κ1) is 13.2. The number of hydrogen-bond donors (Lipinski definition) is 1. The molecule has 1 rings (SSSR count). The Balaban J connectivity index is 3.04. The van der Waals surface area contributed by atoms with Crippen molar-refractivity contribution in [3.8, 4) is 11.6 Å². The van der Waals surface area contributed by atoms with Crippen LogP contribution >= 0.6 is 0 Å². The lowest BCUT2D eigenvalue weighted by atomic mass is 10.1. The summed E-state index contributed by atoms with van der Waals surface area (Å²) in [6.07, 6.45) is 0.224. The maximum Gasteiger partial charge on any atom is 0.308 e. The van der Waals surface area contributed by atoms with Crippen molar-refractivity contribution in [2.45, 2.75) is 12.5 Å². The number of carbonyl (C=O) groups is 1. The Bertz CT molecular complexity index is 371. The molecule has 17 heavy (non-hydrogen) atoms. The fraction of sp³-hybridized carbons (Fsp3) is 0.455. The van der Waals surface area contributed by atoms with Gasteiger partial charge in [-0.3, -0.25) is 4.79 Å². The Hall–Kier alpha value is -1.82. The molecule has 6 heteroatoms. The van der Waals surface area contributed by atoms with Gasteiger partial charge >= 0.3 is 5.97 Å². The number of aliphatic hydroxyl groups is 1. The van der Waals surface area contributed by atoms with Crippen LogP contribution in [0.15, 0.2) is 12.3 Å². The summed E-state index contributed by atoms with van der Waals surface area (Å²) in [5, 5.41) is 9.95. The van der Waals surface area contributed by atoms with E-state index in [1.807, 2.05) is 0 Å². The summed E-state index contributed by atoms with van der Waals surface area (Å²) in [7, 11) is 4.14. The van der Waals surface area contributed by atoms with Gasteiger partial charge in [-0.1, -0.05) is 0 Å². The molecule has 1 aromatic rings. The van der Waals surface area contributed by atoms with Gasteiger partial charge in [0.15, 0.2) is 0 Å². The van der Waals surface area contributed by atoms with Crippen LogP contribution in [-0.2, 0) is 9.53 Å². The van der Waals surface area contributed by atoms with E-state index in [1.165, 1.54) is 27.5 Å². The fourth-order valence-electron chi connectivity index (χ4n) is 1.43. The van der Waals surface area contributed by atoms with Crippen LogP contribution in [0, 0.1) is 0 Å². The predicted molar refractivity (Wildman–Crippen MR) is 58.9 cm³/mol. The highest BCUT2D eigenvalue weighted by atomic mass is 16.5. The number of rotatable bonds is 5. The standard InChI is InChI=1S/C11H15NO5/c1-15-8-4-5-12-11(17-3)10(8)7(13)6-9(14)16-2/h4-5,7,13H,6H2,1-3H3. The molecule has 0 fully saturated rings. The van der Waals surface area contributed by atoms with E-state index in [1.54, 1.807) is 6.07 Å². The van der Waals surface area contributed by atoms with Crippen molar-refractivity contribution < 1.29 is 24.1 Å². The molecule has 1 heterocycles. The number of carbonyl (C=O) groups excluding carboxylic acids is 1. The second-order valence-electron chi connectivity index (χ2n) is 3.23. The molecule has 0 saturated heterocycles. The number of pyridine rings is 1. The minimum atomic E-state index is -1.08. The monoisotopic (exact) mass is 241 g/mol. The Morgan fingerprint density at radius 3 is 2.65 bits per heavy atom. The molecular formula is C11H15NO5. The number of hydrogen-bond acceptors (Lipinski definition) is 6. The normalized spacial score (nSPS) is 11.8. The van der Waals surface area contributed by atoms with Crippen molar-refractivity contribution in [2.24, 2.45) is 0 Å². The lowest BCUT2D eigenvalue weighted by Crippen LogP contribution is -2.11. The summed E-state index contributed by atoms with van der Waals surface area (Å²) in [6.45, 7) is 0. The zero-order valence-corrected chi connectivity index (χ0v) is 9.97. The Kier molecular flexibility index (Phi) is 4.71. The van der Waals surface area contributed by atoms with Gasteiger partial charge in [0.1, 0.15) is 5.75 Å². The molecule has 0 aliphatic heterocycles. The number of aromatic nitrogens is 1. The smallest absolute Gasteiger partial charge is 0.308 e. The van der Waals surface area contributed by atoms with E-state index in [0.717, 1.165) is 0 Å². The molecule has 1 N–H and O–H groups in total. The van der Waals surface area contributed by atoms with Crippen LogP contribution in [0.1, 0.15) is 18.1 Å². The number of ether oxygens (including phenoxy) is 3. The molecular weight excluding hydrogens is 226 g/mol. The zero-order valence-electron chi connectivity index (χ0n) is 9.97. The van der Waals surface area contributed by atoms with E-state index in [0.29, 0.717) is 11.3 Å². The van der Waals surface area contributed by atoms with Gasteiger partial charge in [-0.2, -0.15) is 0 Å². The molecule has 1 unspecified atom stereocenters. The Labute approximate surface area is 99.1 Å². The topological polar surface area (TPSA) is 77.9 Å². The van der Waals surface area contributed by atoms with Gasteiger partial charge < -0.3 is 19.3 Å². The highest BCUT2D eigenvalue weighted by Gasteiger charge is 2.22. The van der Waals surface area contributed by atoms with Crippen molar-refractivity contribution in [1.29, 1.82) is 0 Å². The third kappa shape index (κ3) is 3.07. The van der Waals surface area contributed by atoms with Crippen LogP contribution in [0.4, 0.5) is 0 Å². The lowest BCUT2D eigenvalue weighted by molar-refractivity contribution is -0.142. The molecule has 1 atom stereocenters. The van der Waals surface area contributed by atoms with Crippen molar-refractivity contribution in [3.05, 3.63) is 17.8 Å². The molecule has 0 aliphatic rings. The van der Waals surface area contributed by atoms with Crippen molar-refractivity contribution in [3.63, 3.8) is 0 Å². The van der Waals surface area contributed by atoms with Gasteiger partial charge in [0.25, 0.3) is 0 Å². The molecule has 0 saturated carbocycles. The Morgan fingerprint density at radius 2 is 2.12 bits per heavy atom. The maximum atomic E-state index is 11.1. The van der Waals surface area contributed by atoms with Crippen LogP contribution in [0.2, 0.25) is 0 Å². The van der Waals surface area contributed by atoms with Crippen LogP contribution in [-0.4, -0.2) is 37.4 Å². The summed E-state index contributed by atoms with van der Waals surface area (Å²) >= 11 is 0.